The summed E-state index contributed by atoms with van der Waals surface area (Å²) in [6.45, 7) is 2.05. The molecule has 0 aliphatic carbocycles. The number of rotatable bonds is 6. The third-order valence-electron chi connectivity index (χ3n) is 5.19. The predicted octanol–water partition coefficient (Wildman–Crippen LogP) is 4.64. The number of anilines is 1. The number of benzene rings is 2. The lowest BCUT2D eigenvalue weighted by Gasteiger charge is -2.07. The van der Waals surface area contributed by atoms with Crippen LogP contribution in [0.25, 0.3) is 22.1 Å². The Morgan fingerprint density at radius 3 is 2.81 bits per heavy atom. The van der Waals surface area contributed by atoms with E-state index in [9.17, 15) is 0 Å². The molecule has 0 bridgehead atoms. The molecule has 7 nitrogen and oxygen atoms in total. The van der Waals surface area contributed by atoms with Crippen molar-refractivity contribution in [3.05, 3.63) is 81.4 Å². The lowest BCUT2D eigenvalue weighted by molar-refractivity contribution is 0.682. The fourth-order valence-electron chi connectivity index (χ4n) is 3.73. The zero-order valence-corrected chi connectivity index (χ0v) is 18.8. The first-order valence-corrected chi connectivity index (χ1v) is 10.9. The molecule has 3 aromatic heterocycles. The van der Waals surface area contributed by atoms with E-state index in [0.29, 0.717) is 35.1 Å². The summed E-state index contributed by atoms with van der Waals surface area (Å²) in [5.41, 5.74) is 11.6. The van der Waals surface area contributed by atoms with Gasteiger partial charge in [0.05, 0.1) is 18.4 Å². The van der Waals surface area contributed by atoms with Gasteiger partial charge in [-0.2, -0.15) is 0 Å². The quantitative estimate of drug-likeness (QED) is 0.318. The molecule has 0 unspecified atom stereocenters. The third-order valence-corrected chi connectivity index (χ3v) is 6.18. The van der Waals surface area contributed by atoms with Crippen LogP contribution in [0, 0.1) is 0 Å². The Labute approximate surface area is 191 Å². The van der Waals surface area contributed by atoms with E-state index in [1.165, 1.54) is 11.9 Å². The second-order valence-corrected chi connectivity index (χ2v) is 8.61. The van der Waals surface area contributed by atoms with E-state index in [2.05, 4.69) is 53.3 Å². The maximum atomic E-state index is 6.41. The Balaban J connectivity index is 1.40. The molecule has 2 aromatic carbocycles. The highest BCUT2D eigenvalue weighted by Crippen LogP contribution is 2.27. The Bertz CT molecular complexity index is 1390. The molecule has 0 atom stereocenters. The lowest BCUT2D eigenvalue weighted by atomic mass is 10.1. The van der Waals surface area contributed by atoms with Gasteiger partial charge in [0.1, 0.15) is 11.8 Å². The van der Waals surface area contributed by atoms with Crippen molar-refractivity contribution in [2.75, 3.05) is 5.73 Å². The van der Waals surface area contributed by atoms with Gasteiger partial charge in [-0.3, -0.25) is 0 Å². The zero-order chi connectivity index (χ0) is 21.4. The van der Waals surface area contributed by atoms with Gasteiger partial charge in [-0.15, -0.1) is 0 Å². The smallest absolute Gasteiger partial charge is 0.165 e. The molecule has 0 spiro atoms. The van der Waals surface area contributed by atoms with Crippen molar-refractivity contribution in [2.45, 2.75) is 19.6 Å². The monoisotopic (exact) mass is 495 g/mol. The van der Waals surface area contributed by atoms with E-state index in [0.717, 1.165) is 33.2 Å². The molecule has 0 saturated carbocycles. The summed E-state index contributed by atoms with van der Waals surface area (Å²) in [5.74, 6) is 0.373. The van der Waals surface area contributed by atoms with Crippen molar-refractivity contribution < 1.29 is 0 Å². The van der Waals surface area contributed by atoms with Crippen LogP contribution in [0.5, 0.6) is 0 Å². The number of H-pyrrole nitrogens is 1. The van der Waals surface area contributed by atoms with Crippen LogP contribution in [0.4, 0.5) is 5.82 Å². The van der Waals surface area contributed by atoms with E-state index >= 15 is 0 Å². The van der Waals surface area contributed by atoms with E-state index in [4.69, 9.17) is 17.3 Å². The second kappa shape index (κ2) is 8.30. The second-order valence-electron chi connectivity index (χ2n) is 7.32. The van der Waals surface area contributed by atoms with E-state index in [1.54, 1.807) is 6.33 Å². The standard InChI is InChI=1S/C22H19BrClN7/c23-18-4-2-1-3-13(18)8-26-9-17-7-14-5-16(24)6-15(19(14)30-17)10-31-12-29-20-21(25)27-11-28-22(20)31/h1-7,11-12,26,30H,8-10H2,(H2,25,27,28). The van der Waals surface area contributed by atoms with Crippen LogP contribution < -0.4 is 11.1 Å². The molecule has 156 valence electrons. The highest BCUT2D eigenvalue weighted by atomic mass is 79.9. The first kappa shape index (κ1) is 20.0. The number of nitrogen functional groups attached to an aromatic ring is 1. The number of nitrogens with zero attached hydrogens (tertiary/aromatic N) is 4. The summed E-state index contributed by atoms with van der Waals surface area (Å²) in [5, 5.41) is 5.25. The molecule has 0 radical (unpaired) electrons. The molecule has 31 heavy (non-hydrogen) atoms. The minimum Gasteiger partial charge on any atom is -0.382 e. The first-order chi connectivity index (χ1) is 15.1. The third kappa shape index (κ3) is 4.01. The van der Waals surface area contributed by atoms with Crippen molar-refractivity contribution in [2.24, 2.45) is 0 Å². The normalized spacial score (nSPS) is 11.5. The topological polar surface area (TPSA) is 97.4 Å². The van der Waals surface area contributed by atoms with Crippen LogP contribution in [-0.4, -0.2) is 24.5 Å². The minimum atomic E-state index is 0.373. The fourth-order valence-corrected chi connectivity index (χ4v) is 4.40. The maximum Gasteiger partial charge on any atom is 0.165 e. The molecule has 0 aliphatic rings. The zero-order valence-electron chi connectivity index (χ0n) is 16.4. The van der Waals surface area contributed by atoms with Crippen LogP contribution in [0.15, 0.2) is 59.6 Å². The summed E-state index contributed by atoms with van der Waals surface area (Å²) >= 11 is 10.0. The highest BCUT2D eigenvalue weighted by Gasteiger charge is 2.12. The number of aromatic amines is 1. The summed E-state index contributed by atoms with van der Waals surface area (Å²) in [6.07, 6.45) is 3.18. The summed E-state index contributed by atoms with van der Waals surface area (Å²) in [6, 6.07) is 14.3. The van der Waals surface area contributed by atoms with Crippen LogP contribution in [-0.2, 0) is 19.6 Å². The van der Waals surface area contributed by atoms with Gasteiger partial charge in [-0.05, 0) is 35.4 Å². The van der Waals surface area contributed by atoms with Crippen molar-refractivity contribution >= 4 is 55.4 Å². The van der Waals surface area contributed by atoms with Crippen LogP contribution in [0.2, 0.25) is 5.02 Å². The van der Waals surface area contributed by atoms with Crippen LogP contribution >= 0.6 is 27.5 Å². The summed E-state index contributed by atoms with van der Waals surface area (Å²) < 4.78 is 3.05. The molecular weight excluding hydrogens is 478 g/mol. The Hall–Kier alpha value is -2.94. The van der Waals surface area contributed by atoms with Gasteiger partial charge in [0, 0.05) is 33.7 Å². The molecule has 0 amide bonds. The SMILES string of the molecule is Nc1ncnc2c1ncn2Cc1cc(Cl)cc2cc(CNCc3ccccc3Br)[nH]c12. The number of hydrogen-bond donors (Lipinski definition) is 3. The van der Waals surface area contributed by atoms with Gasteiger partial charge in [0.15, 0.2) is 11.5 Å². The molecule has 5 aromatic rings. The molecular formula is C22H19BrClN7. The average molecular weight is 497 g/mol. The van der Waals surface area contributed by atoms with Gasteiger partial charge in [-0.1, -0.05) is 45.7 Å². The molecule has 0 saturated heterocycles. The molecule has 3 heterocycles. The number of nitrogens with one attached hydrogen (secondary N) is 2. The number of aromatic nitrogens is 5. The van der Waals surface area contributed by atoms with Gasteiger partial charge < -0.3 is 20.6 Å². The largest absolute Gasteiger partial charge is 0.382 e. The molecule has 4 N–H and O–H groups in total. The van der Waals surface area contributed by atoms with Crippen molar-refractivity contribution in [3.63, 3.8) is 0 Å². The molecule has 5 rings (SSSR count). The van der Waals surface area contributed by atoms with E-state index in [-0.39, 0.29) is 0 Å². The number of halogens is 2. The Morgan fingerprint density at radius 2 is 1.94 bits per heavy atom. The Morgan fingerprint density at radius 1 is 1.06 bits per heavy atom. The van der Waals surface area contributed by atoms with Gasteiger partial charge in [-0.25, -0.2) is 15.0 Å². The van der Waals surface area contributed by atoms with E-state index < -0.39 is 0 Å². The molecule has 9 heteroatoms. The van der Waals surface area contributed by atoms with E-state index in [1.807, 2.05) is 34.9 Å². The van der Waals surface area contributed by atoms with Gasteiger partial charge in [0.25, 0.3) is 0 Å². The lowest BCUT2D eigenvalue weighted by Crippen LogP contribution is -2.13. The molecule has 0 aliphatic heterocycles. The summed E-state index contributed by atoms with van der Waals surface area (Å²) in [7, 11) is 0. The van der Waals surface area contributed by atoms with Crippen molar-refractivity contribution in [1.29, 1.82) is 0 Å². The number of hydrogen-bond acceptors (Lipinski definition) is 5. The minimum absolute atomic E-state index is 0.373. The highest BCUT2D eigenvalue weighted by molar-refractivity contribution is 9.10. The number of imidazole rings is 1. The van der Waals surface area contributed by atoms with Crippen molar-refractivity contribution in [3.8, 4) is 0 Å². The first-order valence-electron chi connectivity index (χ1n) is 9.74. The maximum absolute atomic E-state index is 6.41. The average Bonchev–Trinajstić information content (AvgIpc) is 3.34. The number of nitrogens with two attached hydrogens (primary N) is 1. The fraction of sp³-hybridized carbons (Fsp3) is 0.136. The van der Waals surface area contributed by atoms with Crippen LogP contribution in [0.3, 0.4) is 0 Å². The van der Waals surface area contributed by atoms with Gasteiger partial charge in [0.2, 0.25) is 0 Å². The van der Waals surface area contributed by atoms with Gasteiger partial charge >= 0.3 is 0 Å². The summed E-state index contributed by atoms with van der Waals surface area (Å²) in [4.78, 5) is 16.2. The van der Waals surface area contributed by atoms with Crippen LogP contribution in [0.1, 0.15) is 16.8 Å². The number of fused-ring (bicyclic) bond motifs is 2. The van der Waals surface area contributed by atoms with Crippen molar-refractivity contribution in [1.82, 2.24) is 29.8 Å². The Kier molecular flexibility index (Phi) is 5.35. The molecule has 0 fully saturated rings. The predicted molar refractivity (Wildman–Crippen MR) is 127 cm³/mol.